The highest BCUT2D eigenvalue weighted by Crippen LogP contribution is 2.19. The smallest absolute Gasteiger partial charge is 0.258 e. The first-order valence-corrected chi connectivity index (χ1v) is 6.79. The molecule has 0 aromatic carbocycles. The number of sulfonamides is 1. The molecule has 0 spiro atoms. The standard InChI is InChI=1S/C9H16N4O2S.ClH/c1-7(5-10)12-16(14,15)9-6-11-8-3-2-4-13(8)9;/h6-7,12H,2-5,10H2,1H3;1H/t7-;/m0./s1. The number of fused-ring (bicyclic) bond motifs is 1. The highest BCUT2D eigenvalue weighted by Gasteiger charge is 2.25. The number of rotatable bonds is 4. The van der Waals surface area contributed by atoms with Gasteiger partial charge in [0.1, 0.15) is 5.82 Å². The number of nitrogens with two attached hydrogens (primary N) is 1. The first-order valence-electron chi connectivity index (χ1n) is 5.31. The van der Waals surface area contributed by atoms with Crippen LogP contribution < -0.4 is 10.5 Å². The molecule has 0 unspecified atom stereocenters. The maximum absolute atomic E-state index is 12.0. The quantitative estimate of drug-likeness (QED) is 0.804. The Kier molecular flexibility index (Phi) is 4.54. The number of nitrogens with zero attached hydrogens (tertiary/aromatic N) is 2. The molecule has 0 saturated heterocycles. The van der Waals surface area contributed by atoms with Gasteiger partial charge in [-0.25, -0.2) is 18.1 Å². The van der Waals surface area contributed by atoms with Gasteiger partial charge in [-0.15, -0.1) is 12.4 Å². The highest BCUT2D eigenvalue weighted by molar-refractivity contribution is 7.89. The summed E-state index contributed by atoms with van der Waals surface area (Å²) in [5.74, 6) is 0.848. The van der Waals surface area contributed by atoms with Crippen LogP contribution in [0.4, 0.5) is 0 Å². The Morgan fingerprint density at radius 2 is 2.35 bits per heavy atom. The molecule has 8 heteroatoms. The van der Waals surface area contributed by atoms with Crippen molar-refractivity contribution in [3.8, 4) is 0 Å². The zero-order valence-corrected chi connectivity index (χ0v) is 11.2. The minimum absolute atomic E-state index is 0. The van der Waals surface area contributed by atoms with E-state index >= 15 is 0 Å². The van der Waals surface area contributed by atoms with Crippen LogP contribution in [0.15, 0.2) is 11.2 Å². The maximum Gasteiger partial charge on any atom is 0.258 e. The fourth-order valence-electron chi connectivity index (χ4n) is 1.82. The number of imidazole rings is 1. The molecule has 0 aliphatic carbocycles. The summed E-state index contributed by atoms with van der Waals surface area (Å²) in [6.07, 6.45) is 3.22. The minimum Gasteiger partial charge on any atom is -0.329 e. The molecule has 0 radical (unpaired) electrons. The summed E-state index contributed by atoms with van der Waals surface area (Å²) in [4.78, 5) is 4.11. The van der Waals surface area contributed by atoms with Crippen LogP contribution >= 0.6 is 12.4 Å². The molecule has 1 aromatic heterocycles. The van der Waals surface area contributed by atoms with Crippen molar-refractivity contribution in [3.05, 3.63) is 12.0 Å². The van der Waals surface area contributed by atoms with Crippen molar-refractivity contribution >= 4 is 22.4 Å². The van der Waals surface area contributed by atoms with E-state index in [1.54, 1.807) is 11.5 Å². The lowest BCUT2D eigenvalue weighted by atomic mass is 10.4. The van der Waals surface area contributed by atoms with Crippen LogP contribution in [0.5, 0.6) is 0 Å². The van der Waals surface area contributed by atoms with E-state index in [-0.39, 0.29) is 30.0 Å². The molecule has 6 nitrogen and oxygen atoms in total. The van der Waals surface area contributed by atoms with Crippen molar-refractivity contribution < 1.29 is 8.42 Å². The molecule has 2 rings (SSSR count). The Balaban J connectivity index is 0.00000144. The fourth-order valence-corrected chi connectivity index (χ4v) is 3.24. The van der Waals surface area contributed by atoms with Gasteiger partial charge in [0.05, 0.1) is 6.20 Å². The first kappa shape index (κ1) is 14.4. The first-order chi connectivity index (χ1) is 7.54. The van der Waals surface area contributed by atoms with Crippen LogP contribution in [0.1, 0.15) is 19.2 Å². The molecule has 2 heterocycles. The Morgan fingerprint density at radius 1 is 1.65 bits per heavy atom. The average molecular weight is 281 g/mol. The van der Waals surface area contributed by atoms with Gasteiger partial charge in [-0.3, -0.25) is 0 Å². The zero-order valence-electron chi connectivity index (χ0n) is 9.59. The minimum atomic E-state index is -3.48. The Hall–Kier alpha value is -0.630. The van der Waals surface area contributed by atoms with Gasteiger partial charge in [-0.1, -0.05) is 0 Å². The van der Waals surface area contributed by atoms with E-state index in [1.807, 2.05) is 0 Å². The summed E-state index contributed by atoms with van der Waals surface area (Å²) < 4.78 is 28.3. The average Bonchev–Trinajstić information content (AvgIpc) is 2.76. The van der Waals surface area contributed by atoms with E-state index in [0.29, 0.717) is 0 Å². The Bertz CT molecular complexity index is 485. The second-order valence-electron chi connectivity index (χ2n) is 4.03. The molecule has 0 bridgehead atoms. The molecule has 0 saturated carbocycles. The summed E-state index contributed by atoms with van der Waals surface area (Å²) in [5, 5.41) is 0.250. The van der Waals surface area contributed by atoms with E-state index in [1.165, 1.54) is 6.20 Å². The van der Waals surface area contributed by atoms with Gasteiger partial charge in [0, 0.05) is 25.6 Å². The molecule has 0 amide bonds. The summed E-state index contributed by atoms with van der Waals surface area (Å²) in [5.41, 5.74) is 5.40. The SMILES string of the molecule is C[C@@H](CN)NS(=O)(=O)c1cnc2n1CCC2.Cl. The van der Waals surface area contributed by atoms with E-state index in [2.05, 4.69) is 9.71 Å². The number of hydrogen-bond acceptors (Lipinski definition) is 4. The van der Waals surface area contributed by atoms with Crippen molar-refractivity contribution in [1.82, 2.24) is 14.3 Å². The van der Waals surface area contributed by atoms with E-state index in [4.69, 9.17) is 5.73 Å². The molecule has 1 aliphatic heterocycles. The lowest BCUT2D eigenvalue weighted by Crippen LogP contribution is -2.38. The molecule has 3 N–H and O–H groups in total. The van der Waals surface area contributed by atoms with Gasteiger partial charge in [-0.2, -0.15) is 0 Å². The van der Waals surface area contributed by atoms with Crippen LogP contribution in [0.3, 0.4) is 0 Å². The second-order valence-corrected chi connectivity index (χ2v) is 5.69. The van der Waals surface area contributed by atoms with E-state index in [9.17, 15) is 8.42 Å². The van der Waals surface area contributed by atoms with Crippen LogP contribution in [-0.2, 0) is 23.0 Å². The van der Waals surface area contributed by atoms with Gasteiger partial charge < -0.3 is 10.3 Å². The van der Waals surface area contributed by atoms with Gasteiger partial charge in [0.2, 0.25) is 0 Å². The van der Waals surface area contributed by atoms with Gasteiger partial charge >= 0.3 is 0 Å². The molecular formula is C9H17ClN4O2S. The number of aryl methyl sites for hydroxylation is 1. The van der Waals surface area contributed by atoms with Crippen molar-refractivity contribution in [2.75, 3.05) is 6.54 Å². The summed E-state index contributed by atoms with van der Waals surface area (Å²) in [7, 11) is -3.48. The van der Waals surface area contributed by atoms with Crippen LogP contribution in [0.2, 0.25) is 0 Å². The van der Waals surface area contributed by atoms with Gasteiger partial charge in [-0.05, 0) is 13.3 Å². The summed E-state index contributed by atoms with van der Waals surface area (Å²) in [6.45, 7) is 2.74. The Morgan fingerprint density at radius 3 is 3.00 bits per heavy atom. The number of aromatic nitrogens is 2. The normalized spacial score (nSPS) is 16.4. The predicted molar refractivity (Wildman–Crippen MR) is 66.6 cm³/mol. The largest absolute Gasteiger partial charge is 0.329 e. The molecule has 98 valence electrons. The highest BCUT2D eigenvalue weighted by atomic mass is 35.5. The predicted octanol–water partition coefficient (Wildman–Crippen LogP) is -0.123. The summed E-state index contributed by atoms with van der Waals surface area (Å²) >= 11 is 0. The fraction of sp³-hybridized carbons (Fsp3) is 0.667. The molecule has 0 fully saturated rings. The van der Waals surface area contributed by atoms with E-state index < -0.39 is 10.0 Å². The Labute approximate surface area is 107 Å². The van der Waals surface area contributed by atoms with Crippen molar-refractivity contribution in [1.29, 1.82) is 0 Å². The zero-order chi connectivity index (χ0) is 11.8. The lowest BCUT2D eigenvalue weighted by Gasteiger charge is -2.12. The van der Waals surface area contributed by atoms with Gasteiger partial charge in [0.25, 0.3) is 10.0 Å². The van der Waals surface area contributed by atoms with Crippen LogP contribution in [-0.4, -0.2) is 30.6 Å². The number of hydrogen-bond donors (Lipinski definition) is 2. The molecule has 17 heavy (non-hydrogen) atoms. The van der Waals surface area contributed by atoms with Crippen molar-refractivity contribution in [3.63, 3.8) is 0 Å². The lowest BCUT2D eigenvalue weighted by molar-refractivity contribution is 0.548. The van der Waals surface area contributed by atoms with Crippen LogP contribution in [0.25, 0.3) is 0 Å². The summed E-state index contributed by atoms with van der Waals surface area (Å²) in [6, 6.07) is -0.266. The van der Waals surface area contributed by atoms with Crippen LogP contribution in [0, 0.1) is 0 Å². The van der Waals surface area contributed by atoms with Gasteiger partial charge in [0.15, 0.2) is 5.03 Å². The third-order valence-corrected chi connectivity index (χ3v) is 4.26. The molecule has 1 aromatic rings. The monoisotopic (exact) mass is 280 g/mol. The van der Waals surface area contributed by atoms with Crippen molar-refractivity contribution in [2.24, 2.45) is 5.73 Å². The third-order valence-electron chi connectivity index (χ3n) is 2.67. The van der Waals surface area contributed by atoms with Crippen molar-refractivity contribution in [2.45, 2.75) is 37.4 Å². The third kappa shape index (κ3) is 2.79. The number of halogens is 1. The molecule has 1 aliphatic rings. The maximum atomic E-state index is 12.0. The number of nitrogens with one attached hydrogen (secondary N) is 1. The molecular weight excluding hydrogens is 264 g/mol. The van der Waals surface area contributed by atoms with E-state index in [0.717, 1.165) is 25.2 Å². The topological polar surface area (TPSA) is 90.0 Å². The second kappa shape index (κ2) is 5.34. The molecule has 1 atom stereocenters.